The first kappa shape index (κ1) is 20.7. The van der Waals surface area contributed by atoms with Crippen LogP contribution in [0.15, 0.2) is 47.1 Å². The van der Waals surface area contributed by atoms with Crippen molar-refractivity contribution in [3.05, 3.63) is 59.5 Å². The predicted octanol–water partition coefficient (Wildman–Crippen LogP) is 2.97. The zero-order valence-corrected chi connectivity index (χ0v) is 16.4. The summed E-state index contributed by atoms with van der Waals surface area (Å²) in [6, 6.07) is 10.3. The Morgan fingerprint density at radius 2 is 1.67 bits per heavy atom. The second-order valence-electron chi connectivity index (χ2n) is 7.35. The average Bonchev–Trinajstić information content (AvgIpc) is 3.18. The van der Waals surface area contributed by atoms with Gasteiger partial charge in [0.1, 0.15) is 6.04 Å². The number of hydrogen-bond acceptors (Lipinski definition) is 4. The highest BCUT2D eigenvalue weighted by molar-refractivity contribution is 5.95. The zero-order chi connectivity index (χ0) is 20.0. The predicted molar refractivity (Wildman–Crippen MR) is 105 cm³/mol. The Bertz CT molecular complexity index is 737. The molecule has 0 bridgehead atoms. The molecule has 6 heteroatoms. The van der Waals surface area contributed by atoms with E-state index in [0.29, 0.717) is 12.5 Å². The third kappa shape index (κ3) is 5.69. The molecule has 27 heavy (non-hydrogen) atoms. The number of carbonyl (C=O) groups excluding carboxylic acids is 2. The van der Waals surface area contributed by atoms with E-state index >= 15 is 0 Å². The third-order valence-corrected chi connectivity index (χ3v) is 4.51. The van der Waals surface area contributed by atoms with Gasteiger partial charge in [-0.1, -0.05) is 52.0 Å². The lowest BCUT2D eigenvalue weighted by atomic mass is 9.99. The van der Waals surface area contributed by atoms with Crippen LogP contribution in [0.2, 0.25) is 0 Å². The smallest absolute Gasteiger partial charge is 0.287 e. The van der Waals surface area contributed by atoms with Crippen molar-refractivity contribution in [2.24, 2.45) is 11.7 Å². The molecule has 1 aromatic carbocycles. The Morgan fingerprint density at radius 1 is 1.04 bits per heavy atom. The van der Waals surface area contributed by atoms with E-state index in [9.17, 15) is 9.59 Å². The van der Waals surface area contributed by atoms with E-state index in [1.807, 2.05) is 26.0 Å². The van der Waals surface area contributed by atoms with Gasteiger partial charge in [0, 0.05) is 12.6 Å². The lowest BCUT2D eigenvalue weighted by Crippen LogP contribution is -2.50. The minimum Gasteiger partial charge on any atom is -0.459 e. The van der Waals surface area contributed by atoms with Crippen LogP contribution in [0, 0.1) is 5.92 Å². The Labute approximate surface area is 160 Å². The summed E-state index contributed by atoms with van der Waals surface area (Å²) in [7, 11) is 0. The highest BCUT2D eigenvalue weighted by Gasteiger charge is 2.25. The van der Waals surface area contributed by atoms with E-state index in [-0.39, 0.29) is 23.6 Å². The average molecular weight is 371 g/mol. The zero-order valence-electron chi connectivity index (χ0n) is 16.4. The Kier molecular flexibility index (Phi) is 7.19. The summed E-state index contributed by atoms with van der Waals surface area (Å²) in [5.74, 6) is -0.123. The molecule has 0 radical (unpaired) electrons. The number of rotatable bonds is 8. The van der Waals surface area contributed by atoms with Crippen molar-refractivity contribution >= 4 is 11.8 Å². The lowest BCUT2D eigenvalue weighted by Gasteiger charge is -2.22. The summed E-state index contributed by atoms with van der Waals surface area (Å²) >= 11 is 0. The molecule has 0 aliphatic rings. The highest BCUT2D eigenvalue weighted by Crippen LogP contribution is 2.17. The van der Waals surface area contributed by atoms with Crippen LogP contribution >= 0.6 is 0 Å². The summed E-state index contributed by atoms with van der Waals surface area (Å²) in [5, 5.41) is 5.56. The van der Waals surface area contributed by atoms with Crippen LogP contribution in [-0.2, 0) is 4.79 Å². The van der Waals surface area contributed by atoms with Gasteiger partial charge < -0.3 is 20.8 Å². The number of nitrogens with one attached hydrogen (secondary N) is 2. The number of hydrogen-bond donors (Lipinski definition) is 3. The molecule has 4 N–H and O–H groups in total. The second-order valence-corrected chi connectivity index (χ2v) is 7.35. The van der Waals surface area contributed by atoms with Crippen molar-refractivity contribution in [3.63, 3.8) is 0 Å². The molecule has 1 heterocycles. The normalized spacial score (nSPS) is 13.4. The van der Waals surface area contributed by atoms with Gasteiger partial charge in [-0.15, -0.1) is 0 Å². The SMILES string of the molecule is CC(C)c1ccc(C(N)CNC(=O)C(NC(=O)c2ccco2)C(C)C)cc1. The van der Waals surface area contributed by atoms with Crippen LogP contribution in [0.1, 0.15) is 61.3 Å². The fourth-order valence-electron chi connectivity index (χ4n) is 2.72. The molecule has 2 rings (SSSR count). The standard InChI is InChI=1S/C21H29N3O3/c1-13(2)15-7-9-16(10-8-15)17(22)12-23-21(26)19(14(3)4)24-20(25)18-6-5-11-27-18/h5-11,13-14,17,19H,12,22H2,1-4H3,(H,23,26)(H,24,25). The van der Waals surface area contributed by atoms with Gasteiger partial charge in [0.2, 0.25) is 5.91 Å². The quantitative estimate of drug-likeness (QED) is 0.664. The van der Waals surface area contributed by atoms with Gasteiger partial charge in [0.05, 0.1) is 6.26 Å². The lowest BCUT2D eigenvalue weighted by molar-refractivity contribution is -0.124. The minimum atomic E-state index is -0.668. The van der Waals surface area contributed by atoms with Crippen LogP contribution in [0.5, 0.6) is 0 Å². The van der Waals surface area contributed by atoms with Gasteiger partial charge in [-0.05, 0) is 35.1 Å². The van der Waals surface area contributed by atoms with Gasteiger partial charge in [0.15, 0.2) is 5.76 Å². The summed E-state index contributed by atoms with van der Waals surface area (Å²) in [6.45, 7) is 8.31. The molecule has 0 aliphatic carbocycles. The molecule has 2 amide bonds. The van der Waals surface area contributed by atoms with Crippen LogP contribution in [0.3, 0.4) is 0 Å². The van der Waals surface area contributed by atoms with Crippen molar-refractivity contribution < 1.29 is 14.0 Å². The summed E-state index contributed by atoms with van der Waals surface area (Å²) < 4.78 is 5.07. The maximum atomic E-state index is 12.6. The van der Waals surface area contributed by atoms with Crippen molar-refractivity contribution in [2.45, 2.75) is 45.7 Å². The molecular weight excluding hydrogens is 342 g/mol. The van der Waals surface area contributed by atoms with Crippen molar-refractivity contribution in [3.8, 4) is 0 Å². The maximum Gasteiger partial charge on any atom is 0.287 e. The van der Waals surface area contributed by atoms with E-state index < -0.39 is 11.9 Å². The largest absolute Gasteiger partial charge is 0.459 e. The molecule has 6 nitrogen and oxygen atoms in total. The van der Waals surface area contributed by atoms with Crippen LogP contribution < -0.4 is 16.4 Å². The summed E-state index contributed by atoms with van der Waals surface area (Å²) in [4.78, 5) is 24.7. The molecule has 2 atom stereocenters. The van der Waals surface area contributed by atoms with Crippen molar-refractivity contribution in [1.82, 2.24) is 10.6 Å². The first-order valence-electron chi connectivity index (χ1n) is 9.27. The molecule has 146 valence electrons. The molecule has 0 spiro atoms. The monoisotopic (exact) mass is 371 g/mol. The van der Waals surface area contributed by atoms with Crippen molar-refractivity contribution in [2.75, 3.05) is 6.54 Å². The molecule has 0 saturated carbocycles. The van der Waals surface area contributed by atoms with E-state index in [1.165, 1.54) is 11.8 Å². The first-order chi connectivity index (χ1) is 12.8. The van der Waals surface area contributed by atoms with Crippen LogP contribution in [0.4, 0.5) is 0 Å². The number of furan rings is 1. The Morgan fingerprint density at radius 3 is 2.19 bits per heavy atom. The van der Waals surface area contributed by atoms with Crippen LogP contribution in [0.25, 0.3) is 0 Å². The Balaban J connectivity index is 1.93. The maximum absolute atomic E-state index is 12.6. The van der Waals surface area contributed by atoms with Crippen molar-refractivity contribution in [1.29, 1.82) is 0 Å². The van der Waals surface area contributed by atoms with Gasteiger partial charge in [-0.2, -0.15) is 0 Å². The second kappa shape index (κ2) is 9.37. The molecule has 0 saturated heterocycles. The van der Waals surface area contributed by atoms with Gasteiger partial charge in [-0.3, -0.25) is 9.59 Å². The molecule has 2 unspecified atom stereocenters. The summed E-state index contributed by atoms with van der Waals surface area (Å²) in [5.41, 5.74) is 8.41. The van der Waals surface area contributed by atoms with E-state index in [0.717, 1.165) is 5.56 Å². The molecule has 0 fully saturated rings. The van der Waals surface area contributed by atoms with Gasteiger partial charge in [-0.25, -0.2) is 0 Å². The van der Waals surface area contributed by atoms with E-state index in [4.69, 9.17) is 10.2 Å². The Hall–Kier alpha value is -2.60. The third-order valence-electron chi connectivity index (χ3n) is 4.51. The first-order valence-corrected chi connectivity index (χ1v) is 9.27. The number of benzene rings is 1. The van der Waals surface area contributed by atoms with Crippen LogP contribution in [-0.4, -0.2) is 24.4 Å². The minimum absolute atomic E-state index is 0.0783. The highest BCUT2D eigenvalue weighted by atomic mass is 16.3. The van der Waals surface area contributed by atoms with E-state index in [2.05, 4.69) is 36.6 Å². The fraction of sp³-hybridized carbons (Fsp3) is 0.429. The van der Waals surface area contributed by atoms with Gasteiger partial charge >= 0.3 is 0 Å². The topological polar surface area (TPSA) is 97.4 Å². The summed E-state index contributed by atoms with van der Waals surface area (Å²) in [6.07, 6.45) is 1.42. The fourth-order valence-corrected chi connectivity index (χ4v) is 2.72. The van der Waals surface area contributed by atoms with E-state index in [1.54, 1.807) is 12.1 Å². The molecule has 1 aromatic heterocycles. The molecule has 2 aromatic rings. The number of nitrogens with two attached hydrogens (primary N) is 1. The number of carbonyl (C=O) groups is 2. The number of amides is 2. The molecular formula is C21H29N3O3. The van der Waals surface area contributed by atoms with Gasteiger partial charge in [0.25, 0.3) is 5.91 Å². The molecule has 0 aliphatic heterocycles.